The van der Waals surface area contributed by atoms with Crippen molar-refractivity contribution in [2.45, 2.75) is 31.0 Å². The van der Waals surface area contributed by atoms with E-state index in [2.05, 4.69) is 0 Å². The lowest BCUT2D eigenvalue weighted by Crippen LogP contribution is -2.71. The summed E-state index contributed by atoms with van der Waals surface area (Å²) in [6.45, 7) is -0.386. The molecule has 2 fully saturated rings. The highest BCUT2D eigenvalue weighted by atomic mass is 16.2. The first kappa shape index (κ1) is 23.3. The predicted molar refractivity (Wildman–Crippen MR) is 122 cm³/mol. The summed E-state index contributed by atoms with van der Waals surface area (Å²) in [5, 5.41) is 0. The highest BCUT2D eigenvalue weighted by molar-refractivity contribution is 6.14. The monoisotopic (exact) mass is 462 g/mol. The van der Waals surface area contributed by atoms with Crippen molar-refractivity contribution >= 4 is 29.3 Å². The number of amides is 3. The van der Waals surface area contributed by atoms with Gasteiger partial charge in [-0.2, -0.15) is 0 Å². The largest absolute Gasteiger partial charge is 0.367 e. The smallest absolute Gasteiger partial charge is 0.248 e. The average molecular weight is 463 g/mol. The summed E-state index contributed by atoms with van der Waals surface area (Å²) in [7, 11) is 0. The molecule has 2 heterocycles. The average Bonchev–Trinajstić information content (AvgIpc) is 2.80. The van der Waals surface area contributed by atoms with Crippen molar-refractivity contribution < 1.29 is 24.0 Å². The van der Waals surface area contributed by atoms with Crippen molar-refractivity contribution in [3.63, 3.8) is 0 Å². The van der Waals surface area contributed by atoms with E-state index >= 15 is 0 Å². The Balaban J connectivity index is 1.57. The Bertz CT molecular complexity index is 1110. The number of Topliss-reactive ketones (excluding diaryl/α,β-unsaturated/α-hetero) is 2. The molecule has 3 amide bonds. The molecule has 9 nitrogen and oxygen atoms in total. The van der Waals surface area contributed by atoms with Crippen LogP contribution in [-0.4, -0.2) is 70.3 Å². The molecule has 176 valence electrons. The maximum absolute atomic E-state index is 13.4. The number of likely N-dealkylation sites (tertiary alicyclic amines) is 2. The van der Waals surface area contributed by atoms with E-state index in [0.717, 1.165) is 16.0 Å². The molecule has 2 unspecified atom stereocenters. The molecule has 4 atom stereocenters. The molecule has 2 aliphatic heterocycles. The number of primary amides is 1. The first-order chi connectivity index (χ1) is 16.3. The van der Waals surface area contributed by atoms with E-state index in [1.54, 1.807) is 12.1 Å². The third-order valence-electron chi connectivity index (χ3n) is 6.38. The number of carbonyl (C=O) groups is 5. The Morgan fingerprint density at radius 1 is 0.794 bits per heavy atom. The van der Waals surface area contributed by atoms with E-state index in [0.29, 0.717) is 6.42 Å². The van der Waals surface area contributed by atoms with Crippen LogP contribution in [0.15, 0.2) is 60.7 Å². The van der Waals surface area contributed by atoms with Gasteiger partial charge in [-0.1, -0.05) is 60.7 Å². The second-order valence-electron chi connectivity index (χ2n) is 8.71. The maximum Gasteiger partial charge on any atom is 0.248 e. The first-order valence-corrected chi connectivity index (χ1v) is 11.1. The Morgan fingerprint density at radius 2 is 1.32 bits per heavy atom. The molecule has 0 aromatic heterocycles. The minimum Gasteiger partial charge on any atom is -0.367 e. The summed E-state index contributed by atoms with van der Waals surface area (Å²) in [5.41, 5.74) is 13.1. The number of hydrogen-bond donors (Lipinski definition) is 2. The number of hydrogen-bond acceptors (Lipinski definition) is 6. The van der Waals surface area contributed by atoms with Crippen LogP contribution in [0.5, 0.6) is 0 Å². The number of nitrogens with zero attached hydrogens (tertiary/aromatic N) is 2. The summed E-state index contributed by atoms with van der Waals surface area (Å²) in [6.07, 6.45) is 0.447. The Kier molecular flexibility index (Phi) is 6.56. The van der Waals surface area contributed by atoms with Gasteiger partial charge in [-0.15, -0.1) is 0 Å². The van der Waals surface area contributed by atoms with Gasteiger partial charge in [0.1, 0.15) is 6.04 Å². The maximum atomic E-state index is 13.4. The molecule has 0 spiro atoms. The Labute approximate surface area is 196 Å². The topological polar surface area (TPSA) is 144 Å². The van der Waals surface area contributed by atoms with Crippen molar-refractivity contribution in [3.05, 3.63) is 71.8 Å². The highest BCUT2D eigenvalue weighted by Crippen LogP contribution is 2.30. The molecule has 0 saturated carbocycles. The van der Waals surface area contributed by atoms with Gasteiger partial charge in [-0.3, -0.25) is 24.0 Å². The minimum absolute atomic E-state index is 0.136. The van der Waals surface area contributed by atoms with Gasteiger partial charge in [-0.25, -0.2) is 0 Å². The van der Waals surface area contributed by atoms with Crippen LogP contribution in [0.4, 0.5) is 0 Å². The third-order valence-corrected chi connectivity index (χ3v) is 6.38. The fraction of sp³-hybridized carbons (Fsp3) is 0.320. The predicted octanol–water partition coefficient (Wildman–Crippen LogP) is -0.540. The molecule has 2 aromatic carbocycles. The molecule has 2 aromatic rings. The van der Waals surface area contributed by atoms with Crippen molar-refractivity contribution in [1.82, 2.24) is 9.80 Å². The van der Waals surface area contributed by atoms with Crippen molar-refractivity contribution in [1.29, 1.82) is 0 Å². The standard InChI is InChI=1S/C25H26N4O5/c26-18(12-16-9-5-2-6-10-16)25(34)28-13-19(30)21(28)17(11-15-7-3-1-4-8-15)24(33)29-14-20(31)22(29)23(27)32/h1-10,17-18,21-22H,11-14,26H2,(H2,27,32)/t17-,18-,21?,22?/m0/s1. The molecule has 2 saturated heterocycles. The van der Waals surface area contributed by atoms with Crippen LogP contribution in [0.25, 0.3) is 0 Å². The van der Waals surface area contributed by atoms with E-state index in [1.165, 1.54) is 4.90 Å². The second kappa shape index (κ2) is 9.56. The molecule has 4 N–H and O–H groups in total. The lowest BCUT2D eigenvalue weighted by Gasteiger charge is -2.47. The van der Waals surface area contributed by atoms with E-state index in [-0.39, 0.29) is 25.3 Å². The van der Waals surface area contributed by atoms with Crippen LogP contribution in [0.2, 0.25) is 0 Å². The molecule has 2 aliphatic rings. The normalized spacial score (nSPS) is 21.3. The number of rotatable bonds is 8. The van der Waals surface area contributed by atoms with Gasteiger partial charge in [0.25, 0.3) is 0 Å². The van der Waals surface area contributed by atoms with Gasteiger partial charge in [0.05, 0.1) is 25.0 Å². The molecule has 9 heteroatoms. The number of nitrogens with two attached hydrogens (primary N) is 2. The molecular weight excluding hydrogens is 436 g/mol. The van der Waals surface area contributed by atoms with Crippen LogP contribution in [-0.2, 0) is 36.8 Å². The zero-order valence-corrected chi connectivity index (χ0v) is 18.5. The first-order valence-electron chi connectivity index (χ1n) is 11.1. The molecular formula is C25H26N4O5. The lowest BCUT2D eigenvalue weighted by atomic mass is 9.80. The van der Waals surface area contributed by atoms with Crippen LogP contribution in [0, 0.1) is 5.92 Å². The summed E-state index contributed by atoms with van der Waals surface area (Å²) in [6, 6.07) is 15.1. The molecule has 0 aliphatic carbocycles. The van der Waals surface area contributed by atoms with Gasteiger partial charge >= 0.3 is 0 Å². The minimum atomic E-state index is -1.34. The highest BCUT2D eigenvalue weighted by Gasteiger charge is 2.53. The zero-order valence-electron chi connectivity index (χ0n) is 18.5. The van der Waals surface area contributed by atoms with Crippen LogP contribution in [0.3, 0.4) is 0 Å². The quantitative estimate of drug-likeness (QED) is 0.504. The summed E-state index contributed by atoms with van der Waals surface area (Å²) in [4.78, 5) is 65.3. The van der Waals surface area contributed by atoms with Gasteiger partial charge < -0.3 is 21.3 Å². The van der Waals surface area contributed by atoms with Gasteiger partial charge in [-0.05, 0) is 24.0 Å². The van der Waals surface area contributed by atoms with E-state index in [1.807, 2.05) is 48.5 Å². The molecule has 34 heavy (non-hydrogen) atoms. The molecule has 0 bridgehead atoms. The van der Waals surface area contributed by atoms with Crippen LogP contribution < -0.4 is 11.5 Å². The second-order valence-corrected chi connectivity index (χ2v) is 8.71. The van der Waals surface area contributed by atoms with Crippen molar-refractivity contribution in [2.24, 2.45) is 17.4 Å². The van der Waals surface area contributed by atoms with E-state index in [4.69, 9.17) is 11.5 Å². The number of carbonyl (C=O) groups excluding carboxylic acids is 5. The SMILES string of the molecule is NC(=O)C1C(=O)CN1C(=O)[C@@H](Cc1ccccc1)C1C(=O)CN1C(=O)[C@@H](N)Cc1ccccc1. The Morgan fingerprint density at radius 3 is 1.82 bits per heavy atom. The summed E-state index contributed by atoms with van der Waals surface area (Å²) < 4.78 is 0. The van der Waals surface area contributed by atoms with Crippen molar-refractivity contribution in [2.75, 3.05) is 13.1 Å². The summed E-state index contributed by atoms with van der Waals surface area (Å²) in [5.74, 6) is -3.58. The van der Waals surface area contributed by atoms with Gasteiger partial charge in [0.2, 0.25) is 17.7 Å². The number of ketones is 2. The summed E-state index contributed by atoms with van der Waals surface area (Å²) >= 11 is 0. The van der Waals surface area contributed by atoms with Crippen molar-refractivity contribution in [3.8, 4) is 0 Å². The molecule has 0 radical (unpaired) electrons. The Hall–Kier alpha value is -3.85. The van der Waals surface area contributed by atoms with Gasteiger partial charge in [0, 0.05) is 0 Å². The fourth-order valence-electron chi connectivity index (χ4n) is 4.59. The third kappa shape index (κ3) is 4.47. The molecule has 4 rings (SSSR count). The van der Waals surface area contributed by atoms with E-state index < -0.39 is 47.5 Å². The van der Waals surface area contributed by atoms with E-state index in [9.17, 15) is 24.0 Å². The fourth-order valence-corrected chi connectivity index (χ4v) is 4.59. The zero-order chi connectivity index (χ0) is 24.4. The van der Waals surface area contributed by atoms with Crippen LogP contribution in [0.1, 0.15) is 11.1 Å². The van der Waals surface area contributed by atoms with Crippen LogP contribution >= 0.6 is 0 Å². The lowest BCUT2D eigenvalue weighted by molar-refractivity contribution is -0.166. The van der Waals surface area contributed by atoms with Gasteiger partial charge in [0.15, 0.2) is 17.6 Å². The number of benzene rings is 2.